The minimum atomic E-state index is -0.403. The number of halogens is 1. The third-order valence-electron chi connectivity index (χ3n) is 5.75. The van der Waals surface area contributed by atoms with E-state index in [1.165, 1.54) is 77.0 Å². The van der Waals surface area contributed by atoms with E-state index in [4.69, 9.17) is 11.6 Å². The van der Waals surface area contributed by atoms with E-state index in [2.05, 4.69) is 6.92 Å². The van der Waals surface area contributed by atoms with Crippen molar-refractivity contribution < 1.29 is 9.90 Å². The number of rotatable bonds is 17. The summed E-state index contributed by atoms with van der Waals surface area (Å²) >= 11 is 5.76. The van der Waals surface area contributed by atoms with E-state index in [-0.39, 0.29) is 11.0 Å². The van der Waals surface area contributed by atoms with Crippen molar-refractivity contribution in [1.82, 2.24) is 0 Å². The van der Waals surface area contributed by atoms with Gasteiger partial charge < -0.3 is 5.11 Å². The summed E-state index contributed by atoms with van der Waals surface area (Å²) < 4.78 is 0. The molecule has 0 saturated carbocycles. The molecule has 0 saturated heterocycles. The van der Waals surface area contributed by atoms with Gasteiger partial charge in [0.2, 0.25) is 5.24 Å². The molecule has 0 spiro atoms. The Labute approximate surface area is 178 Å². The van der Waals surface area contributed by atoms with Crippen LogP contribution in [0.15, 0.2) is 18.2 Å². The number of carbonyl (C=O) groups excluding carboxylic acids is 1. The van der Waals surface area contributed by atoms with Gasteiger partial charge in [0, 0.05) is 5.56 Å². The number of phenols is 1. The Balaban J connectivity index is 2.18. The third-order valence-corrected chi connectivity index (χ3v) is 6.02. The fourth-order valence-electron chi connectivity index (χ4n) is 4.03. The molecule has 0 aliphatic carbocycles. The van der Waals surface area contributed by atoms with Crippen LogP contribution in [0.25, 0.3) is 0 Å². The first-order chi connectivity index (χ1) is 13.6. The summed E-state index contributed by atoms with van der Waals surface area (Å²) in [6.07, 6.45) is 18.9. The van der Waals surface area contributed by atoms with Crippen LogP contribution in [-0.4, -0.2) is 10.3 Å². The molecule has 2 nitrogen and oxygen atoms in total. The summed E-state index contributed by atoms with van der Waals surface area (Å²) in [5.41, 5.74) is 1.81. The van der Waals surface area contributed by atoms with Gasteiger partial charge in [0.1, 0.15) is 5.75 Å². The van der Waals surface area contributed by atoms with Crippen molar-refractivity contribution in [2.75, 3.05) is 0 Å². The third kappa shape index (κ3) is 9.96. The minimum absolute atomic E-state index is 0.202. The summed E-state index contributed by atoms with van der Waals surface area (Å²) in [5, 5.41) is 9.86. The molecule has 1 unspecified atom stereocenters. The van der Waals surface area contributed by atoms with Gasteiger partial charge >= 0.3 is 0 Å². The lowest BCUT2D eigenvalue weighted by Crippen LogP contribution is -2.09. The molecule has 160 valence electrons. The Bertz CT molecular complexity index is 541. The molecule has 1 N–H and O–H groups in total. The second-order valence-electron chi connectivity index (χ2n) is 8.11. The average Bonchev–Trinajstić information content (AvgIpc) is 2.67. The molecule has 0 aromatic heterocycles. The average molecular weight is 409 g/mol. The van der Waals surface area contributed by atoms with Gasteiger partial charge in [-0.3, -0.25) is 4.79 Å². The maximum Gasteiger partial charge on any atom is 0.229 e. The molecule has 1 aromatic carbocycles. The lowest BCUT2D eigenvalue weighted by molar-refractivity contribution is -0.113. The van der Waals surface area contributed by atoms with E-state index < -0.39 is 5.92 Å². The van der Waals surface area contributed by atoms with Crippen LogP contribution in [-0.2, 0) is 11.2 Å². The largest absolute Gasteiger partial charge is 0.508 e. The summed E-state index contributed by atoms with van der Waals surface area (Å²) in [6.45, 7) is 4.21. The first kappa shape index (κ1) is 25.0. The molecule has 3 heteroatoms. The Morgan fingerprint density at radius 3 is 1.82 bits per heavy atom. The first-order valence-electron chi connectivity index (χ1n) is 11.6. The number of phenolic OH excluding ortho intramolecular Hbond substituents is 1. The molecule has 0 amide bonds. The van der Waals surface area contributed by atoms with Crippen molar-refractivity contribution in [3.8, 4) is 5.75 Å². The number of aromatic hydroxyl groups is 1. The molecule has 1 rings (SSSR count). The Morgan fingerprint density at radius 2 is 1.36 bits per heavy atom. The van der Waals surface area contributed by atoms with E-state index in [1.807, 2.05) is 19.1 Å². The Hall–Kier alpha value is -1.02. The van der Waals surface area contributed by atoms with Gasteiger partial charge in [0.25, 0.3) is 0 Å². The quantitative estimate of drug-likeness (QED) is 0.208. The number of unbranched alkanes of at least 4 members (excludes halogenated alkanes) is 12. The second kappa shape index (κ2) is 15.9. The molecule has 0 heterocycles. The SMILES string of the molecule is CCCCCCCCCCCCCCCc1cccc(O)c1C(CC)C(=O)Cl. The van der Waals surface area contributed by atoms with Crippen molar-refractivity contribution in [3.63, 3.8) is 0 Å². The van der Waals surface area contributed by atoms with Crippen molar-refractivity contribution in [3.05, 3.63) is 29.3 Å². The van der Waals surface area contributed by atoms with Gasteiger partial charge in [-0.15, -0.1) is 0 Å². The van der Waals surface area contributed by atoms with Crippen LogP contribution in [0.5, 0.6) is 5.75 Å². The summed E-state index contributed by atoms with van der Waals surface area (Å²) in [4.78, 5) is 11.7. The van der Waals surface area contributed by atoms with E-state index in [0.29, 0.717) is 6.42 Å². The number of aryl methyl sites for hydroxylation is 1. The monoisotopic (exact) mass is 408 g/mol. The lowest BCUT2D eigenvalue weighted by atomic mass is 9.89. The van der Waals surface area contributed by atoms with Crippen molar-refractivity contribution in [1.29, 1.82) is 0 Å². The number of benzene rings is 1. The van der Waals surface area contributed by atoms with E-state index in [1.54, 1.807) is 6.07 Å². The van der Waals surface area contributed by atoms with Crippen LogP contribution in [0.1, 0.15) is 121 Å². The Morgan fingerprint density at radius 1 is 0.857 bits per heavy atom. The summed E-state index contributed by atoms with van der Waals surface area (Å²) in [7, 11) is 0. The number of hydrogen-bond donors (Lipinski definition) is 1. The smallest absolute Gasteiger partial charge is 0.229 e. The highest BCUT2D eigenvalue weighted by atomic mass is 35.5. The minimum Gasteiger partial charge on any atom is -0.508 e. The predicted octanol–water partition coefficient (Wildman–Crippen LogP) is 8.28. The Kier molecular flexibility index (Phi) is 14.2. The van der Waals surface area contributed by atoms with Gasteiger partial charge in [-0.1, -0.05) is 103 Å². The van der Waals surface area contributed by atoms with Crippen LogP contribution < -0.4 is 0 Å². The molecule has 0 aliphatic rings. The molecule has 0 fully saturated rings. The molecule has 1 aromatic rings. The highest BCUT2D eigenvalue weighted by Gasteiger charge is 2.22. The van der Waals surface area contributed by atoms with E-state index in [0.717, 1.165) is 24.0 Å². The van der Waals surface area contributed by atoms with Gasteiger partial charge in [-0.2, -0.15) is 0 Å². The maximum atomic E-state index is 11.7. The van der Waals surface area contributed by atoms with Gasteiger partial charge in [-0.05, 0) is 42.5 Å². The fourth-order valence-corrected chi connectivity index (χ4v) is 4.29. The summed E-state index contributed by atoms with van der Waals surface area (Å²) in [5.74, 6) is -0.201. The van der Waals surface area contributed by atoms with E-state index >= 15 is 0 Å². The van der Waals surface area contributed by atoms with Gasteiger partial charge in [-0.25, -0.2) is 0 Å². The molecule has 1 atom stereocenters. The van der Waals surface area contributed by atoms with Crippen LogP contribution in [0.2, 0.25) is 0 Å². The zero-order valence-corrected chi connectivity index (χ0v) is 18.9. The van der Waals surface area contributed by atoms with Crippen LogP contribution in [0.4, 0.5) is 0 Å². The normalized spacial score (nSPS) is 12.2. The molecule has 0 aliphatic heterocycles. The van der Waals surface area contributed by atoms with E-state index in [9.17, 15) is 9.90 Å². The fraction of sp³-hybridized carbons (Fsp3) is 0.720. The first-order valence-corrected chi connectivity index (χ1v) is 12.0. The highest BCUT2D eigenvalue weighted by Crippen LogP contribution is 2.34. The van der Waals surface area contributed by atoms with Gasteiger partial charge in [0.05, 0.1) is 5.92 Å². The predicted molar refractivity (Wildman–Crippen MR) is 121 cm³/mol. The zero-order chi connectivity index (χ0) is 20.6. The van der Waals surface area contributed by atoms with Crippen molar-refractivity contribution >= 4 is 16.8 Å². The zero-order valence-electron chi connectivity index (χ0n) is 18.1. The second-order valence-corrected chi connectivity index (χ2v) is 8.48. The van der Waals surface area contributed by atoms with Crippen LogP contribution >= 0.6 is 11.6 Å². The molecular formula is C25H41ClO2. The van der Waals surface area contributed by atoms with Gasteiger partial charge in [0.15, 0.2) is 0 Å². The number of carbonyl (C=O) groups is 1. The van der Waals surface area contributed by atoms with Crippen molar-refractivity contribution in [2.24, 2.45) is 0 Å². The lowest BCUT2D eigenvalue weighted by Gasteiger charge is -2.17. The highest BCUT2D eigenvalue weighted by molar-refractivity contribution is 6.64. The standard InChI is InChI=1S/C25H41ClO2/c1-3-5-6-7-8-9-10-11-12-13-14-15-16-18-21-19-17-20-23(27)24(21)22(4-2)25(26)28/h17,19-20,22,27H,3-16,18H2,1-2H3. The van der Waals surface area contributed by atoms with Crippen molar-refractivity contribution in [2.45, 2.75) is 116 Å². The molecule has 0 radical (unpaired) electrons. The molecular weight excluding hydrogens is 368 g/mol. The molecule has 28 heavy (non-hydrogen) atoms. The van der Waals surface area contributed by atoms with Crippen LogP contribution in [0.3, 0.4) is 0 Å². The maximum absolute atomic E-state index is 11.7. The molecule has 0 bridgehead atoms. The topological polar surface area (TPSA) is 37.3 Å². The summed E-state index contributed by atoms with van der Waals surface area (Å²) in [6, 6.07) is 5.55. The number of hydrogen-bond acceptors (Lipinski definition) is 2. The van der Waals surface area contributed by atoms with Crippen LogP contribution in [0, 0.1) is 0 Å².